The molecule has 3 heteroatoms. The number of hydrogen-bond donors (Lipinski definition) is 0. The van der Waals surface area contributed by atoms with Gasteiger partial charge < -0.3 is 9.62 Å². The fraction of sp³-hybridized carbons (Fsp3) is 0.224. The molecular weight excluding hydrogens is 627 g/mol. The van der Waals surface area contributed by atoms with Crippen molar-refractivity contribution in [2.24, 2.45) is 0 Å². The zero-order valence-corrected chi connectivity index (χ0v) is 30.7. The predicted octanol–water partition coefficient (Wildman–Crippen LogP) is 10.7. The number of allylic oxidation sites excluding steroid dienone is 16. The molecule has 0 aromatic heterocycles. The van der Waals surface area contributed by atoms with Crippen LogP contribution in [-0.4, -0.2) is 6.98 Å². The summed E-state index contributed by atoms with van der Waals surface area (Å²) in [6.45, 7) is 11.3. The quantitative estimate of drug-likeness (QED) is 0.156. The molecule has 0 radical (unpaired) electrons. The van der Waals surface area contributed by atoms with E-state index < -0.39 is 0 Å². The Kier molecular flexibility index (Phi) is 6.55. The van der Waals surface area contributed by atoms with E-state index in [9.17, 15) is 0 Å². The van der Waals surface area contributed by atoms with Crippen molar-refractivity contribution in [1.82, 2.24) is 0 Å². The molecule has 7 aliphatic rings. The van der Waals surface area contributed by atoms with Gasteiger partial charge in [-0.15, -0.1) is 6.42 Å². The normalized spacial score (nSPS) is 20.8. The van der Waals surface area contributed by atoms with Crippen LogP contribution in [0, 0.1) is 12.3 Å². The summed E-state index contributed by atoms with van der Waals surface area (Å²) in [5.41, 5.74) is 28.3. The van der Waals surface area contributed by atoms with Gasteiger partial charge in [-0.05, 0) is 107 Å². The first-order chi connectivity index (χ1) is 25.3. The fourth-order valence-corrected chi connectivity index (χ4v) is 10.3. The van der Waals surface area contributed by atoms with E-state index in [0.717, 1.165) is 31.3 Å². The lowest BCUT2D eigenvalue weighted by Gasteiger charge is -2.50. The molecule has 2 heterocycles. The molecule has 250 valence electrons. The van der Waals surface area contributed by atoms with Crippen LogP contribution in [0.3, 0.4) is 0 Å². The number of fused-ring (bicyclic) bond motifs is 6. The molecule has 2 aliphatic heterocycles. The summed E-state index contributed by atoms with van der Waals surface area (Å²) in [6.07, 6.45) is 28.6. The van der Waals surface area contributed by atoms with Crippen LogP contribution in [0.15, 0.2) is 137 Å². The van der Waals surface area contributed by atoms with Gasteiger partial charge in [-0.2, -0.15) is 0 Å². The lowest BCUT2D eigenvalue weighted by molar-refractivity contribution is 0.654. The molecule has 10 rings (SSSR count). The number of hydrogen-bond acceptors (Lipinski definition) is 2. The summed E-state index contributed by atoms with van der Waals surface area (Å²) < 4.78 is 0. The molecule has 0 bridgehead atoms. The third-order valence-corrected chi connectivity index (χ3v) is 12.6. The maximum atomic E-state index is 6.52. The first-order valence-corrected chi connectivity index (χ1v) is 18.8. The molecule has 0 N–H and O–H groups in total. The first kappa shape index (κ1) is 31.1. The second-order valence-electron chi connectivity index (χ2n) is 16.0. The van der Waals surface area contributed by atoms with Crippen molar-refractivity contribution in [3.05, 3.63) is 171 Å². The average Bonchev–Trinajstić information content (AvgIpc) is 3.54. The van der Waals surface area contributed by atoms with Gasteiger partial charge in [-0.1, -0.05) is 124 Å². The van der Waals surface area contributed by atoms with Crippen LogP contribution in [0.2, 0.25) is 0 Å². The highest BCUT2D eigenvalue weighted by atomic mass is 15.3. The van der Waals surface area contributed by atoms with Crippen LogP contribution in [0.1, 0.15) is 93.7 Å². The highest BCUT2D eigenvalue weighted by Crippen LogP contribution is 2.56. The molecule has 0 unspecified atom stereocenters. The van der Waals surface area contributed by atoms with Crippen molar-refractivity contribution >= 4 is 46.1 Å². The molecule has 3 aromatic carbocycles. The molecule has 2 nitrogen and oxygen atoms in total. The van der Waals surface area contributed by atoms with E-state index in [0.29, 0.717) is 0 Å². The molecule has 0 fully saturated rings. The summed E-state index contributed by atoms with van der Waals surface area (Å²) >= 11 is 0. The minimum Gasteiger partial charge on any atom is -0.364 e. The lowest BCUT2D eigenvalue weighted by atomic mass is 9.52. The summed E-state index contributed by atoms with van der Waals surface area (Å²) in [5.74, 6) is 3.21. The van der Waals surface area contributed by atoms with Crippen LogP contribution < -0.4 is 15.1 Å². The molecule has 0 saturated carbocycles. The fourth-order valence-electron chi connectivity index (χ4n) is 10.3. The molecule has 5 aliphatic carbocycles. The second-order valence-corrected chi connectivity index (χ2v) is 16.0. The van der Waals surface area contributed by atoms with Crippen LogP contribution in [0.5, 0.6) is 0 Å². The van der Waals surface area contributed by atoms with Gasteiger partial charge in [0.25, 0.3) is 0 Å². The molecule has 0 amide bonds. The van der Waals surface area contributed by atoms with Crippen molar-refractivity contribution in [1.29, 1.82) is 0 Å². The Balaban J connectivity index is 1.33. The van der Waals surface area contributed by atoms with Gasteiger partial charge in [0.2, 0.25) is 0 Å². The molecule has 0 atom stereocenters. The Morgan fingerprint density at radius 2 is 1.38 bits per heavy atom. The van der Waals surface area contributed by atoms with Crippen molar-refractivity contribution in [3.8, 4) is 12.3 Å². The summed E-state index contributed by atoms with van der Waals surface area (Å²) in [6, 6.07) is 20.8. The topological polar surface area (TPSA) is 6.48 Å². The third kappa shape index (κ3) is 3.89. The third-order valence-electron chi connectivity index (χ3n) is 12.6. The molecule has 0 spiro atoms. The molecule has 3 aromatic rings. The van der Waals surface area contributed by atoms with Crippen LogP contribution in [0.4, 0.5) is 11.4 Å². The van der Waals surface area contributed by atoms with Crippen molar-refractivity contribution in [2.45, 2.75) is 71.1 Å². The monoisotopic (exact) mass is 668 g/mol. The zero-order valence-electron chi connectivity index (χ0n) is 30.7. The number of anilines is 2. The maximum Gasteiger partial charge on any atom is 0.421 e. The van der Waals surface area contributed by atoms with E-state index in [-0.39, 0.29) is 17.8 Å². The minimum atomic E-state index is -0.222. The smallest absolute Gasteiger partial charge is 0.364 e. The highest BCUT2D eigenvalue weighted by Gasteiger charge is 2.51. The molecular formula is C49H41BN2. The van der Waals surface area contributed by atoms with Crippen LogP contribution in [0.25, 0.3) is 22.3 Å². The number of nitrogens with zero attached hydrogens (tertiary/aromatic N) is 2. The Bertz CT molecular complexity index is 2570. The van der Waals surface area contributed by atoms with E-state index >= 15 is 0 Å². The van der Waals surface area contributed by atoms with Gasteiger partial charge in [0.1, 0.15) is 0 Å². The lowest BCUT2D eigenvalue weighted by Crippen LogP contribution is -2.65. The van der Waals surface area contributed by atoms with Crippen LogP contribution in [-0.2, 0) is 10.8 Å². The number of rotatable bonds is 3. The standard InChI is InChI=1S/C49H41BN2/c1-7-18-37-31(8-2)45-39(48(37,3)4)25-16-29-43(45)51-41-27-13-10-19-32(41)34-22-15-23-35-33-20-11-14-28-42(33)52(50(51)47(34)35)44-30-17-26-40-46(44)36-21-9-12-24-38(36)49(40,5)6/h2,7,10-12,15-20,22-26,29-30H,13-14,27-28H2,1,3-6H3/b18-7-. The van der Waals surface area contributed by atoms with Gasteiger partial charge in [0.15, 0.2) is 0 Å². The van der Waals surface area contributed by atoms with E-state index in [4.69, 9.17) is 6.42 Å². The SMILES string of the molecule is C#CC1=C(/C=C\C)C(C)(C)c2cccc(N3B4c5c(cccc5C5=C3CCC=C5)C3=C(CCC=C3)N4c3cccc4c3C3=C=C=CC=C3C4(C)C)c21. The van der Waals surface area contributed by atoms with Crippen molar-refractivity contribution in [3.63, 3.8) is 0 Å². The number of terminal acetylenes is 1. The van der Waals surface area contributed by atoms with Gasteiger partial charge in [0.05, 0.1) is 0 Å². The van der Waals surface area contributed by atoms with Gasteiger partial charge >= 0.3 is 6.98 Å². The number of benzene rings is 3. The van der Waals surface area contributed by atoms with Crippen molar-refractivity contribution in [2.75, 3.05) is 9.62 Å². The highest BCUT2D eigenvalue weighted by molar-refractivity contribution is 6.84. The Hall–Kier alpha value is -5.64. The van der Waals surface area contributed by atoms with E-state index in [2.05, 4.69) is 159 Å². The summed E-state index contributed by atoms with van der Waals surface area (Å²) in [7, 11) is 0. The van der Waals surface area contributed by atoms with Gasteiger partial charge in [-0.25, -0.2) is 0 Å². The van der Waals surface area contributed by atoms with E-state index in [1.54, 1.807) is 0 Å². The predicted molar refractivity (Wildman–Crippen MR) is 220 cm³/mol. The molecule has 0 saturated heterocycles. The second kappa shape index (κ2) is 10.9. The van der Waals surface area contributed by atoms with Gasteiger partial charge in [0, 0.05) is 55.9 Å². The minimum absolute atomic E-state index is 0.118. The van der Waals surface area contributed by atoms with Gasteiger partial charge in [-0.3, -0.25) is 0 Å². The summed E-state index contributed by atoms with van der Waals surface area (Å²) in [4.78, 5) is 5.43. The Morgan fingerprint density at radius 1 is 0.788 bits per heavy atom. The largest absolute Gasteiger partial charge is 0.421 e. The Labute approximate surface area is 308 Å². The molecule has 52 heavy (non-hydrogen) atoms. The Morgan fingerprint density at radius 3 is 2.00 bits per heavy atom. The van der Waals surface area contributed by atoms with E-state index in [1.165, 1.54) is 89.5 Å². The van der Waals surface area contributed by atoms with Crippen molar-refractivity contribution < 1.29 is 0 Å². The first-order valence-electron chi connectivity index (χ1n) is 18.8. The maximum absolute atomic E-state index is 6.52. The average molecular weight is 669 g/mol. The summed E-state index contributed by atoms with van der Waals surface area (Å²) in [5, 5.41) is 0. The zero-order chi connectivity index (χ0) is 35.5. The van der Waals surface area contributed by atoms with Crippen LogP contribution >= 0.6 is 0 Å². The van der Waals surface area contributed by atoms with E-state index in [1.807, 2.05) is 6.08 Å².